The number of benzene rings is 1. The number of aliphatic hydroxyl groups excluding tert-OH is 1. The van der Waals surface area contributed by atoms with Crippen LogP contribution in [0, 0.1) is 12.8 Å². The van der Waals surface area contributed by atoms with Gasteiger partial charge in [0.2, 0.25) is 5.91 Å². The van der Waals surface area contributed by atoms with Crippen molar-refractivity contribution < 1.29 is 9.90 Å². The zero-order chi connectivity index (χ0) is 14.3. The van der Waals surface area contributed by atoms with Crippen LogP contribution in [-0.2, 0) is 4.79 Å². The molecule has 3 N–H and O–H groups in total. The lowest BCUT2D eigenvalue weighted by atomic mass is 10.0. The Morgan fingerprint density at radius 3 is 2.58 bits per heavy atom. The summed E-state index contributed by atoms with van der Waals surface area (Å²) in [5.41, 5.74) is 1.87. The SMILES string of the molecule is Cc1ccccc1NC(=O)CNC(CO)CC(C)C. The number of anilines is 1. The summed E-state index contributed by atoms with van der Waals surface area (Å²) in [5.74, 6) is 0.403. The molecular weight excluding hydrogens is 240 g/mol. The normalized spacial score (nSPS) is 12.5. The van der Waals surface area contributed by atoms with E-state index in [1.165, 1.54) is 0 Å². The predicted molar refractivity (Wildman–Crippen MR) is 78.1 cm³/mol. The van der Waals surface area contributed by atoms with Crippen LogP contribution in [0.3, 0.4) is 0 Å². The van der Waals surface area contributed by atoms with Crippen LogP contribution in [0.25, 0.3) is 0 Å². The lowest BCUT2D eigenvalue weighted by Crippen LogP contribution is -2.39. The molecule has 4 heteroatoms. The number of para-hydroxylation sites is 1. The number of nitrogens with one attached hydrogen (secondary N) is 2. The standard InChI is InChI=1S/C15H24N2O2/c1-11(2)8-13(10-18)16-9-15(19)17-14-7-5-4-6-12(14)3/h4-7,11,13,16,18H,8-10H2,1-3H3,(H,17,19). The third kappa shape index (κ3) is 5.85. The fraction of sp³-hybridized carbons (Fsp3) is 0.533. The minimum absolute atomic E-state index is 0.0254. The number of aryl methyl sites for hydroxylation is 1. The molecule has 0 aliphatic carbocycles. The van der Waals surface area contributed by atoms with Gasteiger partial charge in [0.05, 0.1) is 13.2 Å². The Morgan fingerprint density at radius 1 is 1.32 bits per heavy atom. The van der Waals surface area contributed by atoms with Gasteiger partial charge < -0.3 is 15.7 Å². The molecule has 1 atom stereocenters. The molecule has 0 heterocycles. The Morgan fingerprint density at radius 2 is 2.00 bits per heavy atom. The van der Waals surface area contributed by atoms with E-state index in [4.69, 9.17) is 0 Å². The summed E-state index contributed by atoms with van der Waals surface area (Å²) in [6.07, 6.45) is 0.855. The summed E-state index contributed by atoms with van der Waals surface area (Å²) in [6.45, 7) is 6.41. The van der Waals surface area contributed by atoms with Gasteiger partial charge in [-0.05, 0) is 30.9 Å². The van der Waals surface area contributed by atoms with E-state index in [1.54, 1.807) is 0 Å². The molecule has 4 nitrogen and oxygen atoms in total. The predicted octanol–water partition coefficient (Wildman–Crippen LogP) is 1.93. The second-order valence-electron chi connectivity index (χ2n) is 5.25. The molecular formula is C15H24N2O2. The van der Waals surface area contributed by atoms with Crippen LogP contribution in [0.1, 0.15) is 25.8 Å². The van der Waals surface area contributed by atoms with Crippen LogP contribution in [0.2, 0.25) is 0 Å². The van der Waals surface area contributed by atoms with Crippen molar-refractivity contribution >= 4 is 11.6 Å². The molecule has 0 aromatic heterocycles. The van der Waals surface area contributed by atoms with Crippen LogP contribution in [0.5, 0.6) is 0 Å². The van der Waals surface area contributed by atoms with Gasteiger partial charge in [0.1, 0.15) is 0 Å². The Bertz CT molecular complexity index is 405. The van der Waals surface area contributed by atoms with Crippen molar-refractivity contribution in [3.8, 4) is 0 Å². The first-order chi connectivity index (χ1) is 9.02. The summed E-state index contributed by atoms with van der Waals surface area (Å²) >= 11 is 0. The molecule has 0 aliphatic rings. The smallest absolute Gasteiger partial charge is 0.238 e. The highest BCUT2D eigenvalue weighted by molar-refractivity contribution is 5.92. The number of hydrogen-bond acceptors (Lipinski definition) is 3. The van der Waals surface area contributed by atoms with E-state index >= 15 is 0 Å². The third-order valence-electron chi connectivity index (χ3n) is 2.95. The molecule has 0 spiro atoms. The van der Waals surface area contributed by atoms with Crippen LogP contribution in [-0.4, -0.2) is 30.2 Å². The summed E-state index contributed by atoms with van der Waals surface area (Å²) in [4.78, 5) is 11.8. The highest BCUT2D eigenvalue weighted by atomic mass is 16.3. The Labute approximate surface area is 115 Å². The van der Waals surface area contributed by atoms with Gasteiger partial charge in [0.25, 0.3) is 0 Å². The molecule has 0 aliphatic heterocycles. The molecule has 106 valence electrons. The number of carbonyl (C=O) groups excluding carboxylic acids is 1. The Hall–Kier alpha value is -1.39. The second-order valence-corrected chi connectivity index (χ2v) is 5.25. The van der Waals surface area contributed by atoms with E-state index in [2.05, 4.69) is 24.5 Å². The van der Waals surface area contributed by atoms with Gasteiger partial charge in [-0.15, -0.1) is 0 Å². The van der Waals surface area contributed by atoms with Crippen molar-refractivity contribution in [1.82, 2.24) is 5.32 Å². The quantitative estimate of drug-likeness (QED) is 0.705. The van der Waals surface area contributed by atoms with Gasteiger partial charge in [-0.3, -0.25) is 4.79 Å². The number of amides is 1. The van der Waals surface area contributed by atoms with Gasteiger partial charge in [0.15, 0.2) is 0 Å². The van der Waals surface area contributed by atoms with Crippen LogP contribution in [0.15, 0.2) is 24.3 Å². The fourth-order valence-corrected chi connectivity index (χ4v) is 1.94. The molecule has 0 radical (unpaired) electrons. The van der Waals surface area contributed by atoms with Gasteiger partial charge in [-0.2, -0.15) is 0 Å². The van der Waals surface area contributed by atoms with E-state index in [-0.39, 0.29) is 25.1 Å². The van der Waals surface area contributed by atoms with Crippen molar-refractivity contribution in [3.05, 3.63) is 29.8 Å². The second kappa shape index (κ2) is 7.92. The number of rotatable bonds is 7. The van der Waals surface area contributed by atoms with Crippen molar-refractivity contribution in [2.45, 2.75) is 33.2 Å². The summed E-state index contributed by atoms with van der Waals surface area (Å²) in [7, 11) is 0. The first-order valence-electron chi connectivity index (χ1n) is 6.72. The molecule has 19 heavy (non-hydrogen) atoms. The molecule has 1 amide bonds. The summed E-state index contributed by atoms with van der Waals surface area (Å²) in [5, 5.41) is 15.2. The van der Waals surface area contributed by atoms with Gasteiger partial charge >= 0.3 is 0 Å². The van der Waals surface area contributed by atoms with E-state index in [9.17, 15) is 9.90 Å². The molecule has 1 rings (SSSR count). The molecule has 0 bridgehead atoms. The van der Waals surface area contributed by atoms with Gasteiger partial charge in [-0.25, -0.2) is 0 Å². The highest BCUT2D eigenvalue weighted by Gasteiger charge is 2.11. The summed E-state index contributed by atoms with van der Waals surface area (Å²) < 4.78 is 0. The van der Waals surface area contributed by atoms with Crippen molar-refractivity contribution in [2.75, 3.05) is 18.5 Å². The first kappa shape index (κ1) is 15.7. The van der Waals surface area contributed by atoms with Gasteiger partial charge in [0, 0.05) is 11.7 Å². The Kier molecular flexibility index (Phi) is 6.53. The summed E-state index contributed by atoms with van der Waals surface area (Å²) in [6, 6.07) is 7.64. The van der Waals surface area contributed by atoms with Crippen LogP contribution in [0.4, 0.5) is 5.69 Å². The monoisotopic (exact) mass is 264 g/mol. The molecule has 0 saturated heterocycles. The van der Waals surface area contributed by atoms with Gasteiger partial charge in [-0.1, -0.05) is 32.0 Å². The first-order valence-corrected chi connectivity index (χ1v) is 6.72. The lowest BCUT2D eigenvalue weighted by Gasteiger charge is -2.18. The lowest BCUT2D eigenvalue weighted by molar-refractivity contribution is -0.115. The van der Waals surface area contributed by atoms with Crippen molar-refractivity contribution in [1.29, 1.82) is 0 Å². The largest absolute Gasteiger partial charge is 0.395 e. The fourth-order valence-electron chi connectivity index (χ4n) is 1.94. The highest BCUT2D eigenvalue weighted by Crippen LogP contribution is 2.12. The van der Waals surface area contributed by atoms with E-state index in [0.717, 1.165) is 17.7 Å². The van der Waals surface area contributed by atoms with Crippen molar-refractivity contribution in [2.24, 2.45) is 5.92 Å². The van der Waals surface area contributed by atoms with Crippen molar-refractivity contribution in [3.63, 3.8) is 0 Å². The molecule has 1 aromatic rings. The van der Waals surface area contributed by atoms with E-state index in [1.807, 2.05) is 31.2 Å². The maximum Gasteiger partial charge on any atom is 0.238 e. The average molecular weight is 264 g/mol. The van der Waals surface area contributed by atoms with E-state index < -0.39 is 0 Å². The minimum atomic E-state index is -0.0866. The number of carbonyl (C=O) groups is 1. The average Bonchev–Trinajstić information content (AvgIpc) is 2.37. The molecule has 0 saturated carbocycles. The topological polar surface area (TPSA) is 61.4 Å². The Balaban J connectivity index is 2.41. The number of aliphatic hydroxyl groups is 1. The molecule has 0 fully saturated rings. The van der Waals surface area contributed by atoms with Crippen LogP contribution >= 0.6 is 0 Å². The maximum atomic E-state index is 11.8. The van der Waals surface area contributed by atoms with E-state index in [0.29, 0.717) is 5.92 Å². The third-order valence-corrected chi connectivity index (χ3v) is 2.95. The molecule has 1 unspecified atom stereocenters. The number of hydrogen-bond donors (Lipinski definition) is 3. The zero-order valence-electron chi connectivity index (χ0n) is 11.9. The van der Waals surface area contributed by atoms with Crippen LogP contribution < -0.4 is 10.6 Å². The zero-order valence-corrected chi connectivity index (χ0v) is 11.9. The minimum Gasteiger partial charge on any atom is -0.395 e. The molecule has 1 aromatic carbocycles. The maximum absolute atomic E-state index is 11.8.